The molecule has 0 aliphatic heterocycles. The van der Waals surface area contributed by atoms with Crippen LogP contribution in [-0.4, -0.2) is 39.0 Å². The molecule has 88 valence electrons. The van der Waals surface area contributed by atoms with Crippen LogP contribution in [0, 0.1) is 11.3 Å². The molecule has 0 aromatic carbocycles. The standard InChI is InChI=1S/C11H22N2O2/c1-3-6-14-8-9-15-7-5-11(10-12)13-4-2/h11,13H,3-9H2,1-2H3. The molecule has 0 bridgehead atoms. The number of rotatable bonds is 10. The van der Waals surface area contributed by atoms with Gasteiger partial charge in [-0.1, -0.05) is 13.8 Å². The van der Waals surface area contributed by atoms with Gasteiger partial charge in [-0.2, -0.15) is 5.26 Å². The molecule has 4 heteroatoms. The first-order chi connectivity index (χ1) is 7.35. The van der Waals surface area contributed by atoms with Gasteiger partial charge in [-0.3, -0.25) is 0 Å². The summed E-state index contributed by atoms with van der Waals surface area (Å²) in [6.07, 6.45) is 1.77. The molecule has 0 spiro atoms. The Bertz CT molecular complexity index is 168. The molecule has 1 unspecified atom stereocenters. The second kappa shape index (κ2) is 11.4. The number of nitriles is 1. The molecule has 0 aromatic heterocycles. The molecular formula is C11H22N2O2. The van der Waals surface area contributed by atoms with E-state index in [1.54, 1.807) is 0 Å². The van der Waals surface area contributed by atoms with Crippen molar-refractivity contribution >= 4 is 0 Å². The van der Waals surface area contributed by atoms with Crippen molar-refractivity contribution in [2.45, 2.75) is 32.7 Å². The normalized spacial score (nSPS) is 12.3. The maximum Gasteiger partial charge on any atom is 0.0974 e. The van der Waals surface area contributed by atoms with E-state index in [4.69, 9.17) is 14.7 Å². The molecule has 4 nitrogen and oxygen atoms in total. The summed E-state index contributed by atoms with van der Waals surface area (Å²) >= 11 is 0. The summed E-state index contributed by atoms with van der Waals surface area (Å²) in [6.45, 7) is 7.55. The summed E-state index contributed by atoms with van der Waals surface area (Å²) in [6, 6.07) is 2.10. The highest BCUT2D eigenvalue weighted by molar-refractivity contribution is 4.88. The Balaban J connectivity index is 3.19. The Morgan fingerprint density at radius 1 is 1.13 bits per heavy atom. The van der Waals surface area contributed by atoms with Gasteiger partial charge in [0.05, 0.1) is 25.3 Å². The van der Waals surface area contributed by atoms with Crippen molar-refractivity contribution in [3.63, 3.8) is 0 Å². The van der Waals surface area contributed by atoms with Crippen LogP contribution < -0.4 is 5.32 Å². The van der Waals surface area contributed by atoms with Gasteiger partial charge in [-0.05, 0) is 19.4 Å². The fraction of sp³-hybridized carbons (Fsp3) is 0.909. The Morgan fingerprint density at radius 2 is 1.80 bits per heavy atom. The van der Waals surface area contributed by atoms with E-state index in [-0.39, 0.29) is 6.04 Å². The van der Waals surface area contributed by atoms with Crippen LogP contribution in [0.4, 0.5) is 0 Å². The molecule has 0 saturated carbocycles. The first-order valence-electron chi connectivity index (χ1n) is 5.63. The molecule has 0 fully saturated rings. The molecule has 0 radical (unpaired) electrons. The highest BCUT2D eigenvalue weighted by Crippen LogP contribution is 1.91. The van der Waals surface area contributed by atoms with Crippen LogP contribution in [-0.2, 0) is 9.47 Å². The summed E-state index contributed by atoms with van der Waals surface area (Å²) in [5.41, 5.74) is 0. The highest BCUT2D eigenvalue weighted by Gasteiger charge is 2.03. The maximum absolute atomic E-state index is 8.74. The van der Waals surface area contributed by atoms with Crippen LogP contribution in [0.1, 0.15) is 26.7 Å². The number of hydrogen-bond donors (Lipinski definition) is 1. The molecule has 1 N–H and O–H groups in total. The van der Waals surface area contributed by atoms with Crippen LogP contribution in [0.25, 0.3) is 0 Å². The monoisotopic (exact) mass is 214 g/mol. The van der Waals surface area contributed by atoms with Gasteiger partial charge in [-0.25, -0.2) is 0 Å². The lowest BCUT2D eigenvalue weighted by Gasteiger charge is -2.09. The summed E-state index contributed by atoms with van der Waals surface area (Å²) in [5.74, 6) is 0. The van der Waals surface area contributed by atoms with Gasteiger partial charge in [-0.15, -0.1) is 0 Å². The molecular weight excluding hydrogens is 192 g/mol. The fourth-order valence-corrected chi connectivity index (χ4v) is 1.13. The first-order valence-corrected chi connectivity index (χ1v) is 5.63. The van der Waals surface area contributed by atoms with Gasteiger partial charge in [0.15, 0.2) is 0 Å². The summed E-state index contributed by atoms with van der Waals surface area (Å²) in [5, 5.41) is 11.8. The van der Waals surface area contributed by atoms with E-state index in [1.165, 1.54) is 0 Å². The molecule has 0 saturated heterocycles. The van der Waals surface area contributed by atoms with Crippen LogP contribution in [0.2, 0.25) is 0 Å². The Hall–Kier alpha value is -0.630. The second-order valence-corrected chi connectivity index (χ2v) is 3.25. The minimum Gasteiger partial charge on any atom is -0.379 e. The maximum atomic E-state index is 8.74. The highest BCUT2D eigenvalue weighted by atomic mass is 16.5. The molecule has 0 rings (SSSR count). The third-order valence-corrected chi connectivity index (χ3v) is 1.88. The topological polar surface area (TPSA) is 54.3 Å². The smallest absolute Gasteiger partial charge is 0.0974 e. The van der Waals surface area contributed by atoms with Crippen molar-refractivity contribution in [3.8, 4) is 6.07 Å². The van der Waals surface area contributed by atoms with Crippen molar-refractivity contribution in [2.75, 3.05) is 33.0 Å². The molecule has 0 amide bonds. The van der Waals surface area contributed by atoms with Crippen molar-refractivity contribution in [1.82, 2.24) is 5.32 Å². The number of hydrogen-bond acceptors (Lipinski definition) is 4. The van der Waals surface area contributed by atoms with E-state index in [9.17, 15) is 0 Å². The summed E-state index contributed by atoms with van der Waals surface area (Å²) in [7, 11) is 0. The number of nitrogens with zero attached hydrogens (tertiary/aromatic N) is 1. The van der Waals surface area contributed by atoms with E-state index in [2.05, 4.69) is 18.3 Å². The molecule has 0 aliphatic rings. The lowest BCUT2D eigenvalue weighted by molar-refractivity contribution is 0.0459. The average molecular weight is 214 g/mol. The van der Waals surface area contributed by atoms with Crippen LogP contribution in [0.3, 0.4) is 0 Å². The van der Waals surface area contributed by atoms with Crippen LogP contribution in [0.5, 0.6) is 0 Å². The van der Waals surface area contributed by atoms with E-state index < -0.39 is 0 Å². The lowest BCUT2D eigenvalue weighted by atomic mass is 10.2. The van der Waals surface area contributed by atoms with Crippen molar-refractivity contribution in [3.05, 3.63) is 0 Å². The zero-order chi connectivity index (χ0) is 11.4. The van der Waals surface area contributed by atoms with E-state index >= 15 is 0 Å². The third kappa shape index (κ3) is 9.67. The Morgan fingerprint density at radius 3 is 2.33 bits per heavy atom. The lowest BCUT2D eigenvalue weighted by Crippen LogP contribution is -2.28. The van der Waals surface area contributed by atoms with E-state index in [0.29, 0.717) is 19.8 Å². The number of nitrogens with one attached hydrogen (secondary N) is 1. The summed E-state index contributed by atoms with van der Waals surface area (Å²) < 4.78 is 10.6. The predicted octanol–water partition coefficient (Wildman–Crippen LogP) is 1.32. The Kier molecular flexibility index (Phi) is 11.0. The minimum atomic E-state index is -0.0911. The quantitative estimate of drug-likeness (QED) is 0.557. The van der Waals surface area contributed by atoms with Gasteiger partial charge in [0.25, 0.3) is 0 Å². The van der Waals surface area contributed by atoms with E-state index in [0.717, 1.165) is 26.0 Å². The third-order valence-electron chi connectivity index (χ3n) is 1.88. The van der Waals surface area contributed by atoms with Crippen molar-refractivity contribution in [1.29, 1.82) is 5.26 Å². The van der Waals surface area contributed by atoms with Gasteiger partial charge < -0.3 is 14.8 Å². The van der Waals surface area contributed by atoms with Crippen LogP contribution >= 0.6 is 0 Å². The molecule has 0 aliphatic carbocycles. The average Bonchev–Trinajstić information content (AvgIpc) is 2.26. The SMILES string of the molecule is CCCOCCOCCC(C#N)NCC. The van der Waals surface area contributed by atoms with E-state index in [1.807, 2.05) is 6.92 Å². The molecule has 0 aromatic rings. The van der Waals surface area contributed by atoms with Gasteiger partial charge in [0.2, 0.25) is 0 Å². The number of ether oxygens (including phenoxy) is 2. The fourth-order valence-electron chi connectivity index (χ4n) is 1.13. The predicted molar refractivity (Wildman–Crippen MR) is 59.6 cm³/mol. The molecule has 1 atom stereocenters. The largest absolute Gasteiger partial charge is 0.379 e. The summed E-state index contributed by atoms with van der Waals surface area (Å²) in [4.78, 5) is 0. The van der Waals surface area contributed by atoms with Gasteiger partial charge in [0.1, 0.15) is 0 Å². The van der Waals surface area contributed by atoms with Crippen LogP contribution in [0.15, 0.2) is 0 Å². The van der Waals surface area contributed by atoms with Crippen molar-refractivity contribution in [2.24, 2.45) is 0 Å². The van der Waals surface area contributed by atoms with Gasteiger partial charge in [0, 0.05) is 13.2 Å². The van der Waals surface area contributed by atoms with Crippen molar-refractivity contribution < 1.29 is 9.47 Å². The molecule has 15 heavy (non-hydrogen) atoms. The Labute approximate surface area is 92.6 Å². The minimum absolute atomic E-state index is 0.0911. The molecule has 0 heterocycles. The zero-order valence-corrected chi connectivity index (χ0v) is 9.79. The zero-order valence-electron chi connectivity index (χ0n) is 9.79. The first kappa shape index (κ1) is 14.4. The second-order valence-electron chi connectivity index (χ2n) is 3.25. The van der Waals surface area contributed by atoms with Gasteiger partial charge >= 0.3 is 0 Å².